The van der Waals surface area contributed by atoms with Crippen molar-refractivity contribution in [3.63, 3.8) is 0 Å². The lowest BCUT2D eigenvalue weighted by Crippen LogP contribution is -2.37. The summed E-state index contributed by atoms with van der Waals surface area (Å²) >= 11 is 3.43. The molecule has 0 bridgehead atoms. The molecule has 1 aromatic carbocycles. The van der Waals surface area contributed by atoms with Gasteiger partial charge in [-0.05, 0) is 55.0 Å². The molecule has 142 valence electrons. The van der Waals surface area contributed by atoms with Crippen molar-refractivity contribution in [3.8, 4) is 0 Å². The summed E-state index contributed by atoms with van der Waals surface area (Å²) in [5, 5.41) is 4.14. The summed E-state index contributed by atoms with van der Waals surface area (Å²) < 4.78 is 0.943. The Morgan fingerprint density at radius 1 is 1.21 bits per heavy atom. The third kappa shape index (κ3) is 3.09. The molecule has 7 heteroatoms. The van der Waals surface area contributed by atoms with Gasteiger partial charge in [0.25, 0.3) is 0 Å². The predicted octanol–water partition coefficient (Wildman–Crippen LogP) is 4.53. The molecular weight excluding hydrogens is 418 g/mol. The Morgan fingerprint density at radius 2 is 2.14 bits per heavy atom. The molecule has 1 aliphatic heterocycles. The Hall–Kier alpha value is -2.67. The van der Waals surface area contributed by atoms with Gasteiger partial charge in [0.05, 0.1) is 5.69 Å². The van der Waals surface area contributed by atoms with Crippen LogP contribution in [0.1, 0.15) is 29.8 Å². The van der Waals surface area contributed by atoms with E-state index in [-0.39, 0.29) is 6.03 Å². The number of amides is 2. The van der Waals surface area contributed by atoms with E-state index in [0.29, 0.717) is 13.1 Å². The zero-order chi connectivity index (χ0) is 19.1. The van der Waals surface area contributed by atoms with Gasteiger partial charge in [-0.3, -0.25) is 0 Å². The highest BCUT2D eigenvalue weighted by Crippen LogP contribution is 2.34. The van der Waals surface area contributed by atoms with Gasteiger partial charge in [0.2, 0.25) is 0 Å². The minimum atomic E-state index is -0.0798. The number of hydrogen-bond acceptors (Lipinski definition) is 3. The monoisotopic (exact) mass is 437 g/mol. The molecular formula is C21H20BrN5O. The summed E-state index contributed by atoms with van der Waals surface area (Å²) in [7, 11) is 0. The Balaban J connectivity index is 1.36. The lowest BCUT2D eigenvalue weighted by Gasteiger charge is -2.26. The third-order valence-electron chi connectivity index (χ3n) is 5.51. The van der Waals surface area contributed by atoms with E-state index in [1.807, 2.05) is 29.2 Å². The van der Waals surface area contributed by atoms with Gasteiger partial charge in [0.15, 0.2) is 0 Å². The molecule has 0 spiro atoms. The predicted molar refractivity (Wildman–Crippen MR) is 113 cm³/mol. The SMILES string of the molecule is O=C(Nc1cccc(Br)c1)N1CC=C(c2ncnc3[nH]c4c(c23)CCC4)CC1. The van der Waals surface area contributed by atoms with Crippen LogP contribution < -0.4 is 5.32 Å². The fraction of sp³-hybridized carbons (Fsp3) is 0.286. The molecule has 2 amide bonds. The number of halogens is 1. The van der Waals surface area contributed by atoms with Crippen molar-refractivity contribution >= 4 is 44.3 Å². The fourth-order valence-electron chi connectivity index (χ4n) is 4.15. The van der Waals surface area contributed by atoms with E-state index >= 15 is 0 Å². The Bertz CT molecular complexity index is 1100. The molecule has 0 unspecified atom stereocenters. The van der Waals surface area contributed by atoms with Crippen LogP contribution >= 0.6 is 15.9 Å². The highest BCUT2D eigenvalue weighted by molar-refractivity contribution is 9.10. The summed E-state index contributed by atoms with van der Waals surface area (Å²) in [6.07, 6.45) is 7.92. The van der Waals surface area contributed by atoms with E-state index in [1.54, 1.807) is 6.33 Å². The average Bonchev–Trinajstić information content (AvgIpc) is 3.29. The molecule has 0 radical (unpaired) electrons. The molecule has 0 saturated heterocycles. The third-order valence-corrected chi connectivity index (χ3v) is 6.01. The zero-order valence-electron chi connectivity index (χ0n) is 15.3. The maximum absolute atomic E-state index is 12.6. The van der Waals surface area contributed by atoms with Crippen molar-refractivity contribution in [2.45, 2.75) is 25.7 Å². The first-order valence-electron chi connectivity index (χ1n) is 9.54. The highest BCUT2D eigenvalue weighted by Gasteiger charge is 2.24. The topological polar surface area (TPSA) is 73.9 Å². The molecule has 1 aliphatic carbocycles. The number of fused-ring (bicyclic) bond motifs is 3. The normalized spacial score (nSPS) is 16.2. The second-order valence-corrected chi connectivity index (χ2v) is 8.16. The fourth-order valence-corrected chi connectivity index (χ4v) is 4.55. The molecule has 0 fully saturated rings. The molecule has 3 aromatic rings. The minimum Gasteiger partial charge on any atom is -0.343 e. The van der Waals surface area contributed by atoms with Gasteiger partial charge < -0.3 is 15.2 Å². The standard InChI is InChI=1S/C21H20BrN5O/c22-14-3-1-4-15(11-14)25-21(28)27-9-7-13(8-10-27)19-18-16-5-2-6-17(16)26-20(18)24-12-23-19/h1,3-4,7,11-12H,2,5-6,8-10H2,(H,25,28)(H,23,24,26). The van der Waals surface area contributed by atoms with Crippen LogP contribution in [0.3, 0.4) is 0 Å². The first-order valence-corrected chi connectivity index (χ1v) is 10.3. The first kappa shape index (κ1) is 17.4. The van der Waals surface area contributed by atoms with Crippen molar-refractivity contribution in [1.29, 1.82) is 0 Å². The zero-order valence-corrected chi connectivity index (χ0v) is 16.9. The molecule has 5 rings (SSSR count). The van der Waals surface area contributed by atoms with E-state index in [4.69, 9.17) is 0 Å². The smallest absolute Gasteiger partial charge is 0.322 e. The van der Waals surface area contributed by atoms with Gasteiger partial charge in [0, 0.05) is 34.3 Å². The second-order valence-electron chi connectivity index (χ2n) is 7.25. The van der Waals surface area contributed by atoms with Crippen molar-refractivity contribution < 1.29 is 4.79 Å². The molecule has 3 heterocycles. The summed E-state index contributed by atoms with van der Waals surface area (Å²) in [6.45, 7) is 1.25. The molecule has 0 saturated carbocycles. The lowest BCUT2D eigenvalue weighted by atomic mass is 10.00. The number of benzene rings is 1. The summed E-state index contributed by atoms with van der Waals surface area (Å²) in [6, 6.07) is 7.55. The van der Waals surface area contributed by atoms with Crippen LogP contribution in [0.15, 0.2) is 41.1 Å². The number of carbonyl (C=O) groups is 1. The van der Waals surface area contributed by atoms with Crippen LogP contribution in [-0.2, 0) is 12.8 Å². The van der Waals surface area contributed by atoms with Gasteiger partial charge in [-0.25, -0.2) is 14.8 Å². The number of carbonyl (C=O) groups excluding carboxylic acids is 1. The number of H-pyrrole nitrogens is 1. The molecule has 0 atom stereocenters. The lowest BCUT2D eigenvalue weighted by molar-refractivity contribution is 0.217. The number of hydrogen-bond donors (Lipinski definition) is 2. The summed E-state index contributed by atoms with van der Waals surface area (Å²) in [5.74, 6) is 0. The van der Waals surface area contributed by atoms with E-state index < -0.39 is 0 Å². The Labute approximate surface area is 171 Å². The number of aromatic nitrogens is 3. The summed E-state index contributed by atoms with van der Waals surface area (Å²) in [4.78, 5) is 26.9. The first-order chi connectivity index (χ1) is 13.7. The van der Waals surface area contributed by atoms with Crippen molar-refractivity contribution in [2.75, 3.05) is 18.4 Å². The van der Waals surface area contributed by atoms with Crippen LogP contribution in [-0.4, -0.2) is 39.0 Å². The van der Waals surface area contributed by atoms with Crippen LogP contribution in [0.4, 0.5) is 10.5 Å². The van der Waals surface area contributed by atoms with Gasteiger partial charge in [0.1, 0.15) is 12.0 Å². The van der Waals surface area contributed by atoms with Gasteiger partial charge in [-0.1, -0.05) is 28.1 Å². The number of aryl methyl sites for hydroxylation is 2. The minimum absolute atomic E-state index is 0.0798. The quantitative estimate of drug-likeness (QED) is 0.618. The maximum atomic E-state index is 12.6. The number of nitrogens with zero attached hydrogens (tertiary/aromatic N) is 3. The van der Waals surface area contributed by atoms with Crippen molar-refractivity contribution in [1.82, 2.24) is 19.9 Å². The van der Waals surface area contributed by atoms with Gasteiger partial charge in [-0.2, -0.15) is 0 Å². The molecule has 28 heavy (non-hydrogen) atoms. The molecule has 2 aromatic heterocycles. The summed E-state index contributed by atoms with van der Waals surface area (Å²) in [5.41, 5.74) is 6.63. The Kier molecular flexibility index (Phi) is 4.39. The second kappa shape index (κ2) is 7.05. The van der Waals surface area contributed by atoms with Crippen LogP contribution in [0.2, 0.25) is 0 Å². The number of anilines is 1. The highest BCUT2D eigenvalue weighted by atomic mass is 79.9. The molecule has 2 aliphatic rings. The van der Waals surface area contributed by atoms with E-state index in [0.717, 1.165) is 40.8 Å². The van der Waals surface area contributed by atoms with Gasteiger partial charge in [-0.15, -0.1) is 0 Å². The number of urea groups is 1. The average molecular weight is 438 g/mol. The molecule has 2 N–H and O–H groups in total. The maximum Gasteiger partial charge on any atom is 0.322 e. The Morgan fingerprint density at radius 3 is 2.96 bits per heavy atom. The van der Waals surface area contributed by atoms with Gasteiger partial charge >= 0.3 is 6.03 Å². The van der Waals surface area contributed by atoms with E-state index in [1.165, 1.54) is 28.6 Å². The largest absolute Gasteiger partial charge is 0.343 e. The number of aromatic amines is 1. The molecule has 6 nitrogen and oxygen atoms in total. The van der Waals surface area contributed by atoms with Crippen molar-refractivity contribution in [3.05, 3.63) is 58.1 Å². The van der Waals surface area contributed by atoms with Crippen LogP contribution in [0.5, 0.6) is 0 Å². The van der Waals surface area contributed by atoms with E-state index in [9.17, 15) is 4.79 Å². The van der Waals surface area contributed by atoms with Crippen molar-refractivity contribution in [2.24, 2.45) is 0 Å². The van der Waals surface area contributed by atoms with Crippen LogP contribution in [0.25, 0.3) is 16.6 Å². The number of nitrogens with one attached hydrogen (secondary N) is 2. The van der Waals surface area contributed by atoms with E-state index in [2.05, 4.69) is 42.3 Å². The van der Waals surface area contributed by atoms with Crippen LogP contribution in [0, 0.1) is 0 Å². The number of rotatable bonds is 2.